The zero-order chi connectivity index (χ0) is 35.6. The van der Waals surface area contributed by atoms with Crippen LogP contribution in [0.1, 0.15) is 58.1 Å². The molecule has 2 aromatic carbocycles. The van der Waals surface area contributed by atoms with E-state index in [9.17, 15) is 24.0 Å². The number of nitrogens with one attached hydrogen (secondary N) is 6. The molecular weight excluding hydrogens is 616 g/mol. The summed E-state index contributed by atoms with van der Waals surface area (Å²) in [7, 11) is 0. The Morgan fingerprint density at radius 1 is 0.729 bits per heavy atom. The minimum absolute atomic E-state index is 0.00804. The number of hydrogen-bond donors (Lipinski definition) is 8. The highest BCUT2D eigenvalue weighted by atomic mass is 16.5. The van der Waals surface area contributed by atoms with E-state index in [-0.39, 0.29) is 50.2 Å². The van der Waals surface area contributed by atoms with Crippen molar-refractivity contribution in [2.45, 2.75) is 84.2 Å². The van der Waals surface area contributed by atoms with Gasteiger partial charge in [0.25, 0.3) is 0 Å². The molecule has 0 spiro atoms. The van der Waals surface area contributed by atoms with E-state index < -0.39 is 53.9 Å². The van der Waals surface area contributed by atoms with Gasteiger partial charge in [0, 0.05) is 13.0 Å². The standard InChI is InChI=1S/C34H50N8O6/c1-21(2)18-27(31(45)42-28(22(3)4)32(46)39-26(29(35)43)19-23-12-7-5-8-13-23)40-30(44)25(16-11-17-38-33(36)37)41-34(47)48-20-24-14-9-6-10-15-24/h5-10,12-15,21-22,25-28H,11,16-20H2,1-4H3,(H2,35,43)(H,39,46)(H,40,44)(H,41,47)(H,42,45)(H4,36,37,38). The van der Waals surface area contributed by atoms with E-state index in [4.69, 9.17) is 21.6 Å². The number of carbonyl (C=O) groups excluding carboxylic acids is 5. The summed E-state index contributed by atoms with van der Waals surface area (Å²) in [6.45, 7) is 7.51. The first-order chi connectivity index (χ1) is 22.8. The van der Waals surface area contributed by atoms with Crippen LogP contribution in [0.15, 0.2) is 60.7 Å². The number of ether oxygens (including phenoxy) is 1. The van der Waals surface area contributed by atoms with Gasteiger partial charge in [-0.05, 0) is 42.2 Å². The predicted octanol–water partition coefficient (Wildman–Crippen LogP) is 1.43. The van der Waals surface area contributed by atoms with Crippen LogP contribution in [0.3, 0.4) is 0 Å². The highest BCUT2D eigenvalue weighted by Crippen LogP contribution is 2.11. The lowest BCUT2D eigenvalue weighted by Crippen LogP contribution is -2.59. The van der Waals surface area contributed by atoms with Crippen molar-refractivity contribution in [3.05, 3.63) is 71.8 Å². The third-order valence-corrected chi connectivity index (χ3v) is 7.34. The number of carbonyl (C=O) groups is 5. The van der Waals surface area contributed by atoms with Crippen LogP contribution in [0.2, 0.25) is 0 Å². The molecule has 4 unspecified atom stereocenters. The van der Waals surface area contributed by atoms with E-state index in [1.165, 1.54) is 0 Å². The van der Waals surface area contributed by atoms with Crippen LogP contribution in [-0.2, 0) is 36.9 Å². The van der Waals surface area contributed by atoms with Crippen LogP contribution >= 0.6 is 0 Å². The molecule has 48 heavy (non-hydrogen) atoms. The molecule has 0 aliphatic rings. The topological polar surface area (TPSA) is 231 Å². The minimum Gasteiger partial charge on any atom is -0.445 e. The smallest absolute Gasteiger partial charge is 0.408 e. The van der Waals surface area contributed by atoms with Gasteiger partial charge in [0.05, 0.1) is 0 Å². The Hall–Kier alpha value is -5.14. The molecule has 0 saturated carbocycles. The van der Waals surface area contributed by atoms with Gasteiger partial charge in [-0.15, -0.1) is 0 Å². The van der Waals surface area contributed by atoms with Gasteiger partial charge in [-0.2, -0.15) is 0 Å². The number of rotatable bonds is 19. The first-order valence-electron chi connectivity index (χ1n) is 16.1. The number of alkyl carbamates (subject to hydrolysis) is 1. The monoisotopic (exact) mass is 666 g/mol. The average molecular weight is 667 g/mol. The summed E-state index contributed by atoms with van der Waals surface area (Å²) in [5.74, 6) is -3.18. The molecule has 0 radical (unpaired) electrons. The number of primary amides is 1. The van der Waals surface area contributed by atoms with Gasteiger partial charge < -0.3 is 42.8 Å². The minimum atomic E-state index is -1.08. The molecule has 14 heteroatoms. The van der Waals surface area contributed by atoms with Crippen LogP contribution < -0.4 is 38.1 Å². The molecular formula is C34H50N8O6. The Kier molecular flexibility index (Phi) is 16.4. The molecule has 14 nitrogen and oxygen atoms in total. The molecule has 262 valence electrons. The van der Waals surface area contributed by atoms with Gasteiger partial charge >= 0.3 is 6.09 Å². The first-order valence-corrected chi connectivity index (χ1v) is 16.1. The SMILES string of the molecule is CC(C)CC(NC(=O)C(CCCNC(=N)N)NC(=O)OCc1ccccc1)C(=O)NC(C(=O)NC(Cc1ccccc1)C(N)=O)C(C)C. The second kappa shape index (κ2) is 20.2. The Bertz CT molecular complexity index is 1360. The van der Waals surface area contributed by atoms with Crippen molar-refractivity contribution in [3.8, 4) is 0 Å². The third-order valence-electron chi connectivity index (χ3n) is 7.34. The number of hydrogen-bond acceptors (Lipinski definition) is 7. The fraction of sp³-hybridized carbons (Fsp3) is 0.471. The van der Waals surface area contributed by atoms with Crippen LogP contribution in [0, 0.1) is 17.2 Å². The quantitative estimate of drug-likeness (QED) is 0.0619. The van der Waals surface area contributed by atoms with Gasteiger partial charge in [0.1, 0.15) is 30.8 Å². The molecule has 0 fully saturated rings. The molecule has 5 amide bonds. The molecule has 2 rings (SSSR count). The van der Waals surface area contributed by atoms with E-state index >= 15 is 0 Å². The van der Waals surface area contributed by atoms with Crippen LogP contribution in [0.25, 0.3) is 0 Å². The molecule has 10 N–H and O–H groups in total. The zero-order valence-electron chi connectivity index (χ0n) is 28.1. The molecule has 0 aliphatic carbocycles. The maximum Gasteiger partial charge on any atom is 0.408 e. The van der Waals surface area contributed by atoms with Crippen molar-refractivity contribution >= 4 is 35.7 Å². The van der Waals surface area contributed by atoms with Crippen molar-refractivity contribution in [1.29, 1.82) is 5.41 Å². The second-order valence-electron chi connectivity index (χ2n) is 12.3. The average Bonchev–Trinajstić information content (AvgIpc) is 3.03. The number of benzene rings is 2. The van der Waals surface area contributed by atoms with Crippen LogP contribution in [-0.4, -0.2) is 66.4 Å². The summed E-state index contributed by atoms with van der Waals surface area (Å²) < 4.78 is 5.31. The Labute approximate surface area is 282 Å². The fourth-order valence-electron chi connectivity index (χ4n) is 4.80. The lowest BCUT2D eigenvalue weighted by atomic mass is 9.98. The lowest BCUT2D eigenvalue weighted by Gasteiger charge is -2.28. The van der Waals surface area contributed by atoms with Gasteiger partial charge in [0.2, 0.25) is 23.6 Å². The van der Waals surface area contributed by atoms with Gasteiger partial charge in [-0.25, -0.2) is 4.79 Å². The van der Waals surface area contributed by atoms with Gasteiger partial charge in [0.15, 0.2) is 5.96 Å². The molecule has 0 bridgehead atoms. The van der Waals surface area contributed by atoms with Crippen LogP contribution in [0.4, 0.5) is 4.79 Å². The van der Waals surface area contributed by atoms with Crippen molar-refractivity contribution < 1.29 is 28.7 Å². The van der Waals surface area contributed by atoms with E-state index in [0.717, 1.165) is 11.1 Å². The Morgan fingerprint density at radius 3 is 1.83 bits per heavy atom. The van der Waals surface area contributed by atoms with E-state index in [0.29, 0.717) is 6.42 Å². The summed E-state index contributed by atoms with van der Waals surface area (Å²) in [5, 5.41) is 20.7. The summed E-state index contributed by atoms with van der Waals surface area (Å²) >= 11 is 0. The maximum atomic E-state index is 13.6. The molecule has 2 aromatic rings. The summed E-state index contributed by atoms with van der Waals surface area (Å²) in [5.41, 5.74) is 12.5. The number of amides is 5. The fourth-order valence-corrected chi connectivity index (χ4v) is 4.80. The molecule has 0 heterocycles. The van der Waals surface area contributed by atoms with Crippen LogP contribution in [0.5, 0.6) is 0 Å². The highest BCUT2D eigenvalue weighted by molar-refractivity contribution is 5.95. The largest absolute Gasteiger partial charge is 0.445 e. The van der Waals surface area contributed by atoms with E-state index in [1.54, 1.807) is 26.0 Å². The Morgan fingerprint density at radius 2 is 1.29 bits per heavy atom. The normalized spacial score (nSPS) is 13.4. The lowest BCUT2D eigenvalue weighted by molar-refractivity contribution is -0.134. The van der Waals surface area contributed by atoms with Gasteiger partial charge in [-0.3, -0.25) is 24.6 Å². The predicted molar refractivity (Wildman–Crippen MR) is 182 cm³/mol. The zero-order valence-corrected chi connectivity index (χ0v) is 28.1. The highest BCUT2D eigenvalue weighted by Gasteiger charge is 2.33. The van der Waals surface area contributed by atoms with Crippen molar-refractivity contribution in [1.82, 2.24) is 26.6 Å². The maximum absolute atomic E-state index is 13.6. The number of nitrogens with two attached hydrogens (primary N) is 2. The van der Waals surface area contributed by atoms with E-state index in [2.05, 4.69) is 26.6 Å². The van der Waals surface area contributed by atoms with Gasteiger partial charge in [-0.1, -0.05) is 88.4 Å². The van der Waals surface area contributed by atoms with Crippen molar-refractivity contribution in [2.75, 3.05) is 6.54 Å². The molecule has 4 atom stereocenters. The van der Waals surface area contributed by atoms with E-state index in [1.807, 2.05) is 62.4 Å². The molecule has 0 saturated heterocycles. The summed E-state index contributed by atoms with van der Waals surface area (Å²) in [6.07, 6.45) is 0.0993. The van der Waals surface area contributed by atoms with Crippen molar-refractivity contribution in [2.24, 2.45) is 23.3 Å². The van der Waals surface area contributed by atoms with Crippen molar-refractivity contribution in [3.63, 3.8) is 0 Å². The summed E-state index contributed by atoms with van der Waals surface area (Å²) in [6, 6.07) is 13.9. The third kappa shape index (κ3) is 14.5. The first kappa shape index (κ1) is 39.0. The summed E-state index contributed by atoms with van der Waals surface area (Å²) in [4.78, 5) is 65.4. The molecule has 0 aromatic heterocycles. The molecule has 0 aliphatic heterocycles. The number of guanidine groups is 1. The Balaban J connectivity index is 2.16. The second-order valence-corrected chi connectivity index (χ2v) is 12.3.